The first kappa shape index (κ1) is 9.70. The molecule has 0 spiro atoms. The maximum atomic E-state index is 8.29. The largest absolute Gasteiger partial charge is 0.140 e. The van der Waals surface area contributed by atoms with Gasteiger partial charge in [-0.3, -0.25) is 0 Å². The summed E-state index contributed by atoms with van der Waals surface area (Å²) < 4.78 is 1.28. The van der Waals surface area contributed by atoms with E-state index in [1.54, 1.807) is 11.3 Å². The average molecular weight is 229 g/mol. The molecule has 1 fully saturated rings. The van der Waals surface area contributed by atoms with Gasteiger partial charge in [0.15, 0.2) is 0 Å². The molecule has 1 heterocycles. The quantitative estimate of drug-likeness (QED) is 0.420. The van der Waals surface area contributed by atoms with E-state index < -0.39 is 0 Å². The second-order valence-corrected chi connectivity index (χ2v) is 5.34. The first-order valence-electron chi connectivity index (χ1n) is 5.40. The Kier molecular flexibility index (Phi) is 2.31. The van der Waals surface area contributed by atoms with Crippen LogP contribution in [0.1, 0.15) is 29.2 Å². The van der Waals surface area contributed by atoms with Crippen LogP contribution in [0.4, 0.5) is 0 Å². The standard InChI is InChI=1S/C12H11N3S/c13-15-14-7-11-6-10-5-9(8-1-2-8)3-4-12(10)16-11/h3-6,8H,1-2,7H2. The van der Waals surface area contributed by atoms with E-state index >= 15 is 0 Å². The van der Waals surface area contributed by atoms with E-state index in [1.165, 1.54) is 28.5 Å². The fourth-order valence-corrected chi connectivity index (χ4v) is 2.93. The summed E-state index contributed by atoms with van der Waals surface area (Å²) in [4.78, 5) is 3.93. The molecule has 0 radical (unpaired) electrons. The third-order valence-corrected chi connectivity index (χ3v) is 4.03. The fourth-order valence-electron chi connectivity index (χ4n) is 1.97. The molecule has 0 saturated heterocycles. The number of fused-ring (bicyclic) bond motifs is 1. The van der Waals surface area contributed by atoms with Gasteiger partial charge in [-0.05, 0) is 47.4 Å². The van der Waals surface area contributed by atoms with E-state index in [2.05, 4.69) is 34.3 Å². The molecule has 0 bridgehead atoms. The summed E-state index contributed by atoms with van der Waals surface area (Å²) >= 11 is 1.71. The highest BCUT2D eigenvalue weighted by molar-refractivity contribution is 7.19. The number of benzene rings is 1. The molecule has 1 aliphatic carbocycles. The normalized spacial score (nSPS) is 15.0. The third kappa shape index (κ3) is 1.77. The molecular formula is C12H11N3S. The first-order valence-corrected chi connectivity index (χ1v) is 6.22. The van der Waals surface area contributed by atoms with E-state index in [9.17, 15) is 0 Å². The van der Waals surface area contributed by atoms with Gasteiger partial charge < -0.3 is 0 Å². The molecule has 0 aliphatic heterocycles. The molecule has 0 N–H and O–H groups in total. The van der Waals surface area contributed by atoms with Gasteiger partial charge in [0.25, 0.3) is 0 Å². The number of azide groups is 1. The van der Waals surface area contributed by atoms with E-state index in [-0.39, 0.29) is 0 Å². The lowest BCUT2D eigenvalue weighted by atomic mass is 10.1. The zero-order valence-corrected chi connectivity index (χ0v) is 9.57. The lowest BCUT2D eigenvalue weighted by Gasteiger charge is -1.96. The van der Waals surface area contributed by atoms with Crippen LogP contribution >= 0.6 is 11.3 Å². The van der Waals surface area contributed by atoms with E-state index in [0.717, 1.165) is 10.8 Å². The Morgan fingerprint density at radius 2 is 2.25 bits per heavy atom. The molecule has 1 aromatic heterocycles. The summed E-state index contributed by atoms with van der Waals surface area (Å²) in [5, 5.41) is 4.89. The summed E-state index contributed by atoms with van der Waals surface area (Å²) in [6.45, 7) is 0.467. The topological polar surface area (TPSA) is 48.8 Å². The molecule has 1 aliphatic rings. The second-order valence-electron chi connectivity index (χ2n) is 4.17. The Morgan fingerprint density at radius 3 is 3.00 bits per heavy atom. The number of rotatable bonds is 3. The maximum absolute atomic E-state index is 8.29. The van der Waals surface area contributed by atoms with Gasteiger partial charge in [-0.25, -0.2) is 0 Å². The van der Waals surface area contributed by atoms with E-state index in [4.69, 9.17) is 5.53 Å². The lowest BCUT2D eigenvalue weighted by molar-refractivity contribution is 1.08. The van der Waals surface area contributed by atoms with Gasteiger partial charge >= 0.3 is 0 Å². The van der Waals surface area contributed by atoms with Crippen LogP contribution in [0, 0.1) is 0 Å². The van der Waals surface area contributed by atoms with Crippen LogP contribution in [0.15, 0.2) is 29.4 Å². The Balaban J connectivity index is 1.99. The molecule has 3 nitrogen and oxygen atoms in total. The summed E-state index contributed by atoms with van der Waals surface area (Å²) in [5.41, 5.74) is 9.75. The zero-order valence-electron chi connectivity index (χ0n) is 8.76. The second kappa shape index (κ2) is 3.81. The van der Waals surface area contributed by atoms with E-state index in [1.807, 2.05) is 0 Å². The van der Waals surface area contributed by atoms with Gasteiger partial charge in [-0.15, -0.1) is 11.3 Å². The summed E-state index contributed by atoms with van der Waals surface area (Å²) in [5.74, 6) is 0.796. The molecule has 0 unspecified atom stereocenters. The molecule has 16 heavy (non-hydrogen) atoms. The van der Waals surface area contributed by atoms with Crippen LogP contribution in [0.5, 0.6) is 0 Å². The summed E-state index contributed by atoms with van der Waals surface area (Å²) in [6, 6.07) is 8.84. The minimum Gasteiger partial charge on any atom is -0.140 e. The zero-order chi connectivity index (χ0) is 11.0. The number of thiophene rings is 1. The molecule has 0 atom stereocenters. The minimum absolute atomic E-state index is 0.467. The van der Waals surface area contributed by atoms with Crippen molar-refractivity contribution in [2.75, 3.05) is 0 Å². The molecular weight excluding hydrogens is 218 g/mol. The Morgan fingerprint density at radius 1 is 1.38 bits per heavy atom. The van der Waals surface area contributed by atoms with Crippen LogP contribution in [0.25, 0.3) is 20.5 Å². The van der Waals surface area contributed by atoms with Crippen molar-refractivity contribution in [2.45, 2.75) is 25.3 Å². The third-order valence-electron chi connectivity index (χ3n) is 2.93. The predicted octanol–water partition coefficient (Wildman–Crippen LogP) is 4.59. The monoisotopic (exact) mass is 229 g/mol. The van der Waals surface area contributed by atoms with Crippen LogP contribution in [-0.2, 0) is 6.54 Å². The van der Waals surface area contributed by atoms with Crippen LogP contribution < -0.4 is 0 Å². The lowest BCUT2D eigenvalue weighted by Crippen LogP contribution is -1.76. The number of hydrogen-bond donors (Lipinski definition) is 0. The average Bonchev–Trinajstić information content (AvgIpc) is 3.06. The minimum atomic E-state index is 0.467. The van der Waals surface area contributed by atoms with Crippen molar-refractivity contribution in [3.63, 3.8) is 0 Å². The molecule has 4 heteroatoms. The molecule has 2 aromatic rings. The van der Waals surface area contributed by atoms with Gasteiger partial charge in [0.2, 0.25) is 0 Å². The van der Waals surface area contributed by atoms with Crippen molar-refractivity contribution in [1.82, 2.24) is 0 Å². The predicted molar refractivity (Wildman–Crippen MR) is 66.7 cm³/mol. The number of nitrogens with zero attached hydrogens (tertiary/aromatic N) is 3. The van der Waals surface area contributed by atoms with Crippen LogP contribution in [0.2, 0.25) is 0 Å². The van der Waals surface area contributed by atoms with Crippen molar-refractivity contribution >= 4 is 21.4 Å². The van der Waals surface area contributed by atoms with Crippen molar-refractivity contribution < 1.29 is 0 Å². The molecule has 80 valence electrons. The Bertz CT molecular complexity index is 577. The van der Waals surface area contributed by atoms with Gasteiger partial charge in [0, 0.05) is 14.5 Å². The highest BCUT2D eigenvalue weighted by Gasteiger charge is 2.23. The Labute approximate surface area is 97.3 Å². The van der Waals surface area contributed by atoms with Crippen LogP contribution in [0.3, 0.4) is 0 Å². The van der Waals surface area contributed by atoms with Crippen molar-refractivity contribution in [1.29, 1.82) is 0 Å². The summed E-state index contributed by atoms with van der Waals surface area (Å²) in [7, 11) is 0. The van der Waals surface area contributed by atoms with Crippen LogP contribution in [-0.4, -0.2) is 0 Å². The van der Waals surface area contributed by atoms with E-state index in [0.29, 0.717) is 6.54 Å². The van der Waals surface area contributed by atoms with Gasteiger partial charge in [0.1, 0.15) is 0 Å². The van der Waals surface area contributed by atoms with Crippen molar-refractivity contribution in [3.8, 4) is 0 Å². The summed E-state index contributed by atoms with van der Waals surface area (Å²) in [6.07, 6.45) is 2.67. The van der Waals surface area contributed by atoms with Gasteiger partial charge in [-0.1, -0.05) is 17.2 Å². The molecule has 0 amide bonds. The SMILES string of the molecule is [N-]=[N+]=NCc1cc2cc(C3CC3)ccc2s1. The van der Waals surface area contributed by atoms with Gasteiger partial charge in [0.05, 0.1) is 6.54 Å². The highest BCUT2D eigenvalue weighted by atomic mass is 32.1. The van der Waals surface area contributed by atoms with Crippen molar-refractivity contribution in [2.24, 2.45) is 5.11 Å². The Hall–Kier alpha value is -1.51. The smallest absolute Gasteiger partial charge is 0.0605 e. The van der Waals surface area contributed by atoms with Crippen molar-refractivity contribution in [3.05, 3.63) is 45.1 Å². The van der Waals surface area contributed by atoms with Gasteiger partial charge in [-0.2, -0.15) is 0 Å². The first-order chi connectivity index (χ1) is 7.86. The maximum Gasteiger partial charge on any atom is 0.0605 e. The fraction of sp³-hybridized carbons (Fsp3) is 0.333. The highest BCUT2D eigenvalue weighted by Crippen LogP contribution is 2.41. The number of hydrogen-bond acceptors (Lipinski definition) is 2. The molecule has 1 saturated carbocycles. The molecule has 3 rings (SSSR count). The molecule has 1 aromatic carbocycles.